The van der Waals surface area contributed by atoms with E-state index in [0.717, 1.165) is 48.8 Å². The minimum absolute atomic E-state index is 0. The summed E-state index contributed by atoms with van der Waals surface area (Å²) < 4.78 is 134. The van der Waals surface area contributed by atoms with Gasteiger partial charge in [-0.3, -0.25) is 23.8 Å². The minimum Gasteiger partial charge on any atom is -1.00 e. The number of hydrogen-bond donors (Lipinski definition) is 3. The Morgan fingerprint density at radius 3 is 1.39 bits per heavy atom. The Labute approximate surface area is 407 Å². The molecule has 2 amide bonds. The number of anilines is 2. The van der Waals surface area contributed by atoms with Gasteiger partial charge in [0.15, 0.2) is 11.4 Å². The van der Waals surface area contributed by atoms with Crippen LogP contribution in [-0.2, 0) is 37.2 Å². The Balaban J connectivity index is 0.000000427. The van der Waals surface area contributed by atoms with Crippen LogP contribution in [0, 0.1) is 0 Å². The van der Waals surface area contributed by atoms with Gasteiger partial charge in [-0.25, -0.2) is 26.8 Å². The maximum absolute atomic E-state index is 13.1. The van der Waals surface area contributed by atoms with E-state index in [2.05, 4.69) is 19.4 Å². The van der Waals surface area contributed by atoms with Crippen molar-refractivity contribution in [2.24, 2.45) is 0 Å². The first kappa shape index (κ1) is 54.9. The number of ketones is 1. The minimum atomic E-state index is -4.87. The number of benzene rings is 2. The summed E-state index contributed by atoms with van der Waals surface area (Å²) in [7, 11) is -9.10. The molecule has 6 rings (SSSR count). The molecular weight excluding hydrogens is 998 g/mol. The molecule has 2 saturated heterocycles. The number of likely N-dealkylation sites (tertiary alicyclic amines) is 2. The smallest absolute Gasteiger partial charge is 1.00 e. The first-order valence-corrected chi connectivity index (χ1v) is 22.1. The van der Waals surface area contributed by atoms with Gasteiger partial charge in [0, 0.05) is 59.8 Å². The molecule has 3 radical (unpaired) electrons. The summed E-state index contributed by atoms with van der Waals surface area (Å²) in [6, 6.07) is 6.48. The summed E-state index contributed by atoms with van der Waals surface area (Å²) >= 11 is 22.8. The van der Waals surface area contributed by atoms with Crippen LogP contribution in [0.15, 0.2) is 70.7 Å². The molecule has 0 saturated carbocycles. The third-order valence-electron chi connectivity index (χ3n) is 9.07. The summed E-state index contributed by atoms with van der Waals surface area (Å²) in [6.07, 6.45) is -6.96. The summed E-state index contributed by atoms with van der Waals surface area (Å²) in [5.41, 5.74) is -3.80. The fraction of sp³-hybridized carbons (Fsp3) is 0.306. The second kappa shape index (κ2) is 21.9. The predicted molar refractivity (Wildman–Crippen MR) is 221 cm³/mol. The van der Waals surface area contributed by atoms with E-state index in [1.54, 1.807) is 0 Å². The molecule has 0 atom stereocenters. The van der Waals surface area contributed by atoms with Gasteiger partial charge in [-0.1, -0.05) is 46.4 Å². The van der Waals surface area contributed by atoms with E-state index in [4.69, 9.17) is 46.4 Å². The van der Waals surface area contributed by atoms with Gasteiger partial charge in [-0.2, -0.15) is 26.3 Å². The van der Waals surface area contributed by atoms with Gasteiger partial charge in [-0.05, 0) is 61.4 Å². The number of amides is 2. The average molecular weight is 1030 g/mol. The molecule has 14 nitrogen and oxygen atoms in total. The molecule has 0 bridgehead atoms. The van der Waals surface area contributed by atoms with Crippen molar-refractivity contribution in [1.29, 1.82) is 0 Å². The third kappa shape index (κ3) is 13.8. The number of nitrogens with zero attached hydrogens (tertiary/aromatic N) is 4. The van der Waals surface area contributed by atoms with Crippen molar-refractivity contribution >= 4 is 104 Å². The van der Waals surface area contributed by atoms with Crippen molar-refractivity contribution in [3.05, 3.63) is 104 Å². The number of halogens is 10. The Bertz CT molecular complexity index is 2630. The van der Waals surface area contributed by atoms with Gasteiger partial charge in [-0.15, -0.1) is 0 Å². The summed E-state index contributed by atoms with van der Waals surface area (Å²) in [5, 5.41) is 8.29. The van der Waals surface area contributed by atoms with Crippen LogP contribution >= 0.6 is 46.4 Å². The number of carbonyl (C=O) groups excluding carboxylic acids is 3. The zero-order chi connectivity index (χ0) is 45.9. The van der Waals surface area contributed by atoms with E-state index < -0.39 is 81.3 Å². The van der Waals surface area contributed by atoms with E-state index in [0.29, 0.717) is 25.0 Å². The second-order valence-corrected chi connectivity index (χ2v) is 18.5. The molecule has 4 heterocycles. The number of Topliss-reactive ketones (excluding diaryl/α,β-unsaturated/α-hetero) is 1. The topological polar surface area (TPSA) is 196 Å². The Morgan fingerprint density at radius 2 is 1.03 bits per heavy atom. The monoisotopic (exact) mass is 1030 g/mol. The molecule has 3 N–H and O–H groups in total. The molecule has 339 valence electrons. The van der Waals surface area contributed by atoms with Crippen molar-refractivity contribution < 1.29 is 93.7 Å². The molecule has 0 spiro atoms. The molecule has 2 aromatic heterocycles. The fourth-order valence-corrected chi connectivity index (χ4v) is 8.82. The van der Waals surface area contributed by atoms with Crippen LogP contribution in [0.2, 0.25) is 20.1 Å². The number of rotatable bonds is 8. The Kier molecular flexibility index (Phi) is 18.8. The van der Waals surface area contributed by atoms with E-state index in [9.17, 15) is 62.7 Å². The van der Waals surface area contributed by atoms with Crippen molar-refractivity contribution in [3.8, 4) is 0 Å². The number of aromatic nitrogens is 2. The quantitative estimate of drug-likeness (QED) is 0.167. The van der Waals surface area contributed by atoms with Gasteiger partial charge < -0.3 is 16.3 Å². The summed E-state index contributed by atoms with van der Waals surface area (Å²) in [4.78, 5) is 46.1. The summed E-state index contributed by atoms with van der Waals surface area (Å²) in [5.74, 6) is -1.25. The van der Waals surface area contributed by atoms with E-state index in [-0.39, 0.29) is 117 Å². The molecule has 2 aliphatic rings. The van der Waals surface area contributed by atoms with Gasteiger partial charge in [0.2, 0.25) is 0 Å². The molecule has 0 aliphatic carbocycles. The van der Waals surface area contributed by atoms with Crippen LogP contribution < -0.4 is 39.0 Å². The molecule has 64 heavy (non-hydrogen) atoms. The largest absolute Gasteiger partial charge is 1.00 e. The number of aliphatic hydroxyl groups excluding tert-OH is 1. The molecule has 4 aromatic rings. The van der Waals surface area contributed by atoms with Crippen LogP contribution in [-0.4, -0.2) is 100 Å². The molecule has 28 heteroatoms. The van der Waals surface area contributed by atoms with E-state index in [1.807, 2.05) is 0 Å². The first-order valence-electron chi connectivity index (χ1n) is 17.7. The van der Waals surface area contributed by atoms with Gasteiger partial charge in [0.1, 0.15) is 5.78 Å². The maximum Gasteiger partial charge on any atom is 1.00 e. The molecule has 2 aliphatic heterocycles. The normalized spacial score (nSPS) is 15.0. The molecule has 0 unspecified atom stereocenters. The van der Waals surface area contributed by atoms with Crippen molar-refractivity contribution in [3.63, 3.8) is 0 Å². The number of alkyl halides is 6. The fourth-order valence-electron chi connectivity index (χ4n) is 5.89. The van der Waals surface area contributed by atoms with Gasteiger partial charge in [0.05, 0.1) is 58.5 Å². The number of sulfonamides is 2. The SMILES string of the molecule is O=C(c1ncc(Cl)cc1NS(=O)(=O)c1ccc(Cl)c(C(F)(F)F)c1)N1CCC(O)CC1.O=C1CCN(C(=O)c2ncc(Cl)cc2NS(=O)(=O)c2ccc(Cl)c(C(F)(F)F)c2)CC1.[B].[H-].[Na+]. The van der Waals surface area contributed by atoms with Crippen LogP contribution in [0.1, 0.15) is 59.2 Å². The number of hydrogen-bond acceptors (Lipinski definition) is 10. The van der Waals surface area contributed by atoms with E-state index >= 15 is 0 Å². The number of piperidine rings is 2. The molecular formula is C36H31BCl4F6N6NaO8S2. The van der Waals surface area contributed by atoms with Crippen LogP contribution in [0.4, 0.5) is 37.7 Å². The number of aliphatic hydroxyl groups is 1. The van der Waals surface area contributed by atoms with Crippen LogP contribution in [0.5, 0.6) is 0 Å². The van der Waals surface area contributed by atoms with Crippen molar-refractivity contribution in [2.45, 2.75) is 53.9 Å². The Morgan fingerprint density at radius 1 is 0.672 bits per heavy atom. The van der Waals surface area contributed by atoms with Crippen LogP contribution in [0.3, 0.4) is 0 Å². The zero-order valence-corrected chi connectivity index (χ0v) is 39.4. The van der Waals surface area contributed by atoms with Crippen molar-refractivity contribution in [2.75, 3.05) is 35.6 Å². The standard InChI is InChI=1S/C18H16Cl2F3N3O4S.C18H14Cl2F3N3O4S.B.Na.H/c2*19-10-7-15(16(24-9-10)17(28)26-5-3-11(27)4-6-26)25-31(29,30)12-1-2-14(20)13(8-12)18(21,22)23;;;/h1-2,7-9,11,25,27H,3-6H2;1-2,7-9,25H,3-6H2;;;/q;;;+1;-1. The van der Waals surface area contributed by atoms with Crippen molar-refractivity contribution in [1.82, 2.24) is 19.8 Å². The number of carbonyl (C=O) groups is 3. The number of pyridine rings is 2. The number of nitrogens with one attached hydrogen (secondary N) is 2. The third-order valence-corrected chi connectivity index (χ3v) is 12.9. The summed E-state index contributed by atoms with van der Waals surface area (Å²) in [6.45, 7) is 0.756. The average Bonchev–Trinajstić information content (AvgIpc) is 3.17. The van der Waals surface area contributed by atoms with Gasteiger partial charge >= 0.3 is 41.9 Å². The molecule has 2 aromatic carbocycles. The van der Waals surface area contributed by atoms with Gasteiger partial charge in [0.25, 0.3) is 31.9 Å². The van der Waals surface area contributed by atoms with E-state index in [1.165, 1.54) is 9.80 Å². The molecule has 2 fully saturated rings. The Hall–Kier alpha value is -3.39. The second-order valence-electron chi connectivity index (χ2n) is 13.4. The van der Waals surface area contributed by atoms with Crippen LogP contribution in [0.25, 0.3) is 0 Å². The zero-order valence-electron chi connectivity index (χ0n) is 33.8. The first-order chi connectivity index (χ1) is 28.8. The predicted octanol–water partition coefficient (Wildman–Crippen LogP) is 4.55. The maximum atomic E-state index is 13.1.